The number of rotatable bonds is 6. The highest BCUT2D eigenvalue weighted by atomic mass is 35.5. The Balaban J connectivity index is 1.83. The van der Waals surface area contributed by atoms with Gasteiger partial charge in [0.1, 0.15) is 0 Å². The van der Waals surface area contributed by atoms with Crippen LogP contribution in [0.3, 0.4) is 0 Å². The van der Waals surface area contributed by atoms with E-state index in [9.17, 15) is 0 Å². The van der Waals surface area contributed by atoms with E-state index in [4.69, 9.17) is 11.6 Å². The van der Waals surface area contributed by atoms with Crippen molar-refractivity contribution in [2.24, 2.45) is 0 Å². The van der Waals surface area contributed by atoms with Gasteiger partial charge in [0.05, 0.1) is 0 Å². The van der Waals surface area contributed by atoms with Crippen molar-refractivity contribution < 1.29 is 0 Å². The van der Waals surface area contributed by atoms with Gasteiger partial charge in [-0.3, -0.25) is 0 Å². The van der Waals surface area contributed by atoms with E-state index >= 15 is 0 Å². The van der Waals surface area contributed by atoms with Gasteiger partial charge < -0.3 is 9.47 Å². The average Bonchev–Trinajstić information content (AvgIpc) is 3.04. The Hall–Kier alpha value is -1.98. The number of halogens is 1. The second-order valence-electron chi connectivity index (χ2n) is 5.91. The molecule has 0 amide bonds. The van der Waals surface area contributed by atoms with E-state index in [-0.39, 0.29) is 0 Å². The minimum absolute atomic E-state index is 0.758. The molecule has 0 aliphatic heterocycles. The predicted octanol–water partition coefficient (Wildman–Crippen LogP) is 4.98. The molecule has 0 aliphatic carbocycles. The molecule has 0 bridgehead atoms. The molecule has 3 rings (SSSR count). The van der Waals surface area contributed by atoms with Crippen molar-refractivity contribution in [3.05, 3.63) is 59.1 Å². The summed E-state index contributed by atoms with van der Waals surface area (Å²) in [5.41, 5.74) is 3.45. The minimum atomic E-state index is 0.758. The van der Waals surface area contributed by atoms with Crippen LogP contribution in [-0.4, -0.2) is 28.9 Å². The standard InChI is InChI=1S/C19H21ClN4S/c1-4-24-18(15-6-5-7-17(12-15)23(2)3)21-22-19(24)25-13-14-8-10-16(20)11-9-14/h5-12H,4,13H2,1-3H3. The van der Waals surface area contributed by atoms with Gasteiger partial charge in [-0.25, -0.2) is 0 Å². The molecule has 130 valence electrons. The third-order valence-corrected chi connectivity index (χ3v) is 5.22. The first-order valence-electron chi connectivity index (χ1n) is 8.16. The van der Waals surface area contributed by atoms with Crippen LogP contribution in [0, 0.1) is 0 Å². The quantitative estimate of drug-likeness (QED) is 0.571. The average molecular weight is 373 g/mol. The van der Waals surface area contributed by atoms with Crippen LogP contribution < -0.4 is 4.90 Å². The monoisotopic (exact) mass is 372 g/mol. The number of benzene rings is 2. The second kappa shape index (κ2) is 7.93. The molecule has 0 atom stereocenters. The summed E-state index contributed by atoms with van der Waals surface area (Å²) in [7, 11) is 4.08. The minimum Gasteiger partial charge on any atom is -0.378 e. The molecule has 6 heteroatoms. The van der Waals surface area contributed by atoms with Gasteiger partial charge in [0.2, 0.25) is 0 Å². The summed E-state index contributed by atoms with van der Waals surface area (Å²) in [5, 5.41) is 10.5. The third kappa shape index (κ3) is 4.17. The van der Waals surface area contributed by atoms with Crippen molar-refractivity contribution in [3.63, 3.8) is 0 Å². The van der Waals surface area contributed by atoms with Crippen LogP contribution in [0.5, 0.6) is 0 Å². The molecule has 0 spiro atoms. The summed E-state index contributed by atoms with van der Waals surface area (Å²) in [5.74, 6) is 1.75. The predicted molar refractivity (Wildman–Crippen MR) is 106 cm³/mol. The van der Waals surface area contributed by atoms with Gasteiger partial charge in [-0.15, -0.1) is 10.2 Å². The molecular formula is C19H21ClN4S. The molecule has 25 heavy (non-hydrogen) atoms. The fraction of sp³-hybridized carbons (Fsp3) is 0.263. The number of hydrogen-bond donors (Lipinski definition) is 0. The van der Waals surface area contributed by atoms with Gasteiger partial charge in [0.25, 0.3) is 0 Å². The smallest absolute Gasteiger partial charge is 0.191 e. The number of hydrogen-bond acceptors (Lipinski definition) is 4. The van der Waals surface area contributed by atoms with Crippen molar-refractivity contribution >= 4 is 29.1 Å². The lowest BCUT2D eigenvalue weighted by Crippen LogP contribution is -2.08. The number of anilines is 1. The SMILES string of the molecule is CCn1c(SCc2ccc(Cl)cc2)nnc1-c1cccc(N(C)C)c1. The van der Waals surface area contributed by atoms with E-state index < -0.39 is 0 Å². The lowest BCUT2D eigenvalue weighted by molar-refractivity contribution is 0.687. The van der Waals surface area contributed by atoms with Gasteiger partial charge in [-0.2, -0.15) is 0 Å². The molecule has 2 aromatic carbocycles. The molecule has 3 aromatic rings. The van der Waals surface area contributed by atoms with E-state index in [1.54, 1.807) is 11.8 Å². The highest BCUT2D eigenvalue weighted by molar-refractivity contribution is 7.98. The van der Waals surface area contributed by atoms with E-state index in [0.717, 1.165) is 39.6 Å². The zero-order valence-electron chi connectivity index (χ0n) is 14.6. The molecule has 0 fully saturated rings. The summed E-state index contributed by atoms with van der Waals surface area (Å²) in [4.78, 5) is 2.09. The third-order valence-electron chi connectivity index (χ3n) is 3.94. The van der Waals surface area contributed by atoms with E-state index in [0.29, 0.717) is 0 Å². The Morgan fingerprint density at radius 3 is 2.52 bits per heavy atom. The summed E-state index contributed by atoms with van der Waals surface area (Å²) >= 11 is 7.64. The zero-order valence-corrected chi connectivity index (χ0v) is 16.2. The topological polar surface area (TPSA) is 34.0 Å². The van der Waals surface area contributed by atoms with Gasteiger partial charge in [-0.05, 0) is 36.8 Å². The first-order valence-corrected chi connectivity index (χ1v) is 9.53. The second-order valence-corrected chi connectivity index (χ2v) is 7.29. The van der Waals surface area contributed by atoms with Crippen molar-refractivity contribution in [2.45, 2.75) is 24.4 Å². The van der Waals surface area contributed by atoms with Crippen molar-refractivity contribution in [3.8, 4) is 11.4 Å². The Kier molecular flexibility index (Phi) is 5.66. The van der Waals surface area contributed by atoms with Crippen LogP contribution in [-0.2, 0) is 12.3 Å². The van der Waals surface area contributed by atoms with E-state index in [2.05, 4.69) is 50.9 Å². The molecule has 1 heterocycles. The maximum absolute atomic E-state index is 5.95. The summed E-state index contributed by atoms with van der Waals surface area (Å²) in [6, 6.07) is 16.3. The Bertz CT molecular complexity index is 843. The number of nitrogens with zero attached hydrogens (tertiary/aromatic N) is 4. The fourth-order valence-electron chi connectivity index (χ4n) is 2.55. The van der Waals surface area contributed by atoms with Crippen LogP contribution >= 0.6 is 23.4 Å². The van der Waals surface area contributed by atoms with Crippen LogP contribution in [0.15, 0.2) is 53.7 Å². The van der Waals surface area contributed by atoms with Gasteiger partial charge in [-0.1, -0.05) is 47.6 Å². The highest BCUT2D eigenvalue weighted by Gasteiger charge is 2.14. The van der Waals surface area contributed by atoms with Crippen molar-refractivity contribution in [1.82, 2.24) is 14.8 Å². The molecule has 0 aliphatic rings. The molecule has 4 nitrogen and oxygen atoms in total. The van der Waals surface area contributed by atoms with Crippen LogP contribution in [0.25, 0.3) is 11.4 Å². The Morgan fingerprint density at radius 2 is 1.84 bits per heavy atom. The molecular weight excluding hydrogens is 352 g/mol. The maximum atomic E-state index is 5.95. The maximum Gasteiger partial charge on any atom is 0.191 e. The molecule has 0 saturated heterocycles. The first-order chi connectivity index (χ1) is 12.1. The lowest BCUT2D eigenvalue weighted by Gasteiger charge is -2.14. The van der Waals surface area contributed by atoms with Gasteiger partial charge in [0, 0.05) is 42.7 Å². The van der Waals surface area contributed by atoms with E-state index in [1.807, 2.05) is 38.4 Å². The number of aromatic nitrogens is 3. The number of thioether (sulfide) groups is 1. The molecule has 0 radical (unpaired) electrons. The van der Waals surface area contributed by atoms with Crippen LogP contribution in [0.4, 0.5) is 5.69 Å². The molecule has 1 aromatic heterocycles. The zero-order chi connectivity index (χ0) is 17.8. The van der Waals surface area contributed by atoms with Crippen molar-refractivity contribution in [1.29, 1.82) is 0 Å². The fourth-order valence-corrected chi connectivity index (χ4v) is 3.63. The van der Waals surface area contributed by atoms with Crippen LogP contribution in [0.1, 0.15) is 12.5 Å². The lowest BCUT2D eigenvalue weighted by atomic mass is 10.2. The highest BCUT2D eigenvalue weighted by Crippen LogP contribution is 2.28. The van der Waals surface area contributed by atoms with E-state index in [1.165, 1.54) is 5.56 Å². The van der Waals surface area contributed by atoms with Crippen LogP contribution in [0.2, 0.25) is 5.02 Å². The molecule has 0 unspecified atom stereocenters. The summed E-state index contributed by atoms with van der Waals surface area (Å²) < 4.78 is 2.16. The summed E-state index contributed by atoms with van der Waals surface area (Å²) in [6.07, 6.45) is 0. The summed E-state index contributed by atoms with van der Waals surface area (Å²) in [6.45, 7) is 2.95. The molecule has 0 N–H and O–H groups in total. The Morgan fingerprint density at radius 1 is 1.08 bits per heavy atom. The van der Waals surface area contributed by atoms with Gasteiger partial charge in [0.15, 0.2) is 11.0 Å². The normalized spacial score (nSPS) is 10.9. The Labute approximate surface area is 157 Å². The molecule has 0 saturated carbocycles. The van der Waals surface area contributed by atoms with Crippen molar-refractivity contribution in [2.75, 3.05) is 19.0 Å². The largest absolute Gasteiger partial charge is 0.378 e. The van der Waals surface area contributed by atoms with Gasteiger partial charge >= 0.3 is 0 Å². The first kappa shape index (κ1) is 17.8.